The lowest BCUT2D eigenvalue weighted by Gasteiger charge is -2.12. The first kappa shape index (κ1) is 14.8. The van der Waals surface area contributed by atoms with Crippen LogP contribution in [0, 0.1) is 13.8 Å². The van der Waals surface area contributed by atoms with Gasteiger partial charge < -0.3 is 10.1 Å². The number of methoxy groups -OCH3 is 1. The third-order valence-electron chi connectivity index (χ3n) is 2.69. The Kier molecular flexibility index (Phi) is 5.41. The maximum Gasteiger partial charge on any atom is 0.333 e. The molecule has 3 nitrogen and oxygen atoms in total. The molecule has 4 heteroatoms. The van der Waals surface area contributed by atoms with Crippen LogP contribution in [0.5, 0.6) is 0 Å². The summed E-state index contributed by atoms with van der Waals surface area (Å²) in [5.74, 6) is -0.291. The molecule has 0 atom stereocenters. The number of carbonyl (C=O) groups is 1. The minimum absolute atomic E-state index is 0.291. The minimum Gasteiger partial charge on any atom is -0.466 e. The monoisotopic (exact) mass is 311 g/mol. The van der Waals surface area contributed by atoms with Crippen LogP contribution in [0.25, 0.3) is 0 Å². The van der Waals surface area contributed by atoms with Gasteiger partial charge in [-0.1, -0.05) is 22.0 Å². The highest BCUT2D eigenvalue weighted by Crippen LogP contribution is 2.24. The smallest absolute Gasteiger partial charge is 0.333 e. The third kappa shape index (κ3) is 3.88. The van der Waals surface area contributed by atoms with Gasteiger partial charge in [-0.3, -0.25) is 0 Å². The molecule has 0 saturated heterocycles. The van der Waals surface area contributed by atoms with Crippen LogP contribution in [0.1, 0.15) is 18.1 Å². The summed E-state index contributed by atoms with van der Waals surface area (Å²) in [6.45, 7) is 6.45. The molecule has 0 amide bonds. The molecule has 0 saturated carbocycles. The molecule has 0 unspecified atom stereocenters. The lowest BCUT2D eigenvalue weighted by atomic mass is 10.1. The van der Waals surface area contributed by atoms with Gasteiger partial charge in [0.1, 0.15) is 0 Å². The summed E-state index contributed by atoms with van der Waals surface area (Å²) in [5, 5.41) is 3.31. The van der Waals surface area contributed by atoms with Crippen LogP contribution in [0.15, 0.2) is 28.3 Å². The van der Waals surface area contributed by atoms with Gasteiger partial charge in [0.15, 0.2) is 0 Å². The van der Waals surface area contributed by atoms with E-state index in [2.05, 4.69) is 52.0 Å². The van der Waals surface area contributed by atoms with E-state index in [0.717, 1.165) is 10.2 Å². The number of rotatable bonds is 4. The predicted octanol–water partition coefficient (Wildman–Crippen LogP) is 3.60. The van der Waals surface area contributed by atoms with Crippen molar-refractivity contribution in [2.24, 2.45) is 0 Å². The summed E-state index contributed by atoms with van der Waals surface area (Å²) in [4.78, 5) is 11.2. The molecule has 0 radical (unpaired) electrons. The summed E-state index contributed by atoms with van der Waals surface area (Å²) in [7, 11) is 1.39. The van der Waals surface area contributed by atoms with Gasteiger partial charge >= 0.3 is 5.97 Å². The topological polar surface area (TPSA) is 38.3 Å². The fraction of sp³-hybridized carbons (Fsp3) is 0.357. The summed E-state index contributed by atoms with van der Waals surface area (Å²) in [6.07, 6.45) is 1.83. The molecule has 0 bridgehead atoms. The molecule has 0 fully saturated rings. The summed E-state index contributed by atoms with van der Waals surface area (Å²) < 4.78 is 5.71. The number of esters is 1. The van der Waals surface area contributed by atoms with Crippen molar-refractivity contribution < 1.29 is 9.53 Å². The summed E-state index contributed by atoms with van der Waals surface area (Å²) >= 11 is 3.47. The second-order valence-corrected chi connectivity index (χ2v) is 5.09. The first-order valence-electron chi connectivity index (χ1n) is 5.71. The maximum absolute atomic E-state index is 11.2. The first-order valence-corrected chi connectivity index (χ1v) is 6.50. The fourth-order valence-corrected chi connectivity index (χ4v) is 2.43. The third-order valence-corrected chi connectivity index (χ3v) is 3.15. The largest absolute Gasteiger partial charge is 0.466 e. The maximum atomic E-state index is 11.2. The normalized spacial score (nSPS) is 11.3. The van der Waals surface area contributed by atoms with Gasteiger partial charge in [-0.25, -0.2) is 4.79 Å². The molecular weight excluding hydrogens is 294 g/mol. The Balaban J connectivity index is 2.73. The molecule has 1 aromatic rings. The number of carbonyl (C=O) groups excluding carboxylic acids is 1. The van der Waals surface area contributed by atoms with Crippen molar-refractivity contribution in [2.45, 2.75) is 20.8 Å². The molecule has 0 aliphatic heterocycles. The Morgan fingerprint density at radius 2 is 1.94 bits per heavy atom. The highest BCUT2D eigenvalue weighted by atomic mass is 79.9. The lowest BCUT2D eigenvalue weighted by Crippen LogP contribution is -2.07. The quantitative estimate of drug-likeness (QED) is 0.682. The highest BCUT2D eigenvalue weighted by Gasteiger charge is 2.04. The van der Waals surface area contributed by atoms with E-state index in [1.807, 2.05) is 6.08 Å². The van der Waals surface area contributed by atoms with Gasteiger partial charge in [0, 0.05) is 22.3 Å². The van der Waals surface area contributed by atoms with Gasteiger partial charge in [-0.15, -0.1) is 0 Å². The average molecular weight is 312 g/mol. The van der Waals surface area contributed by atoms with Gasteiger partial charge in [0.25, 0.3) is 0 Å². The number of nitrogens with one attached hydrogen (secondary N) is 1. The van der Waals surface area contributed by atoms with Crippen molar-refractivity contribution in [2.75, 3.05) is 19.0 Å². The van der Waals surface area contributed by atoms with Crippen LogP contribution in [0.3, 0.4) is 0 Å². The number of benzene rings is 1. The lowest BCUT2D eigenvalue weighted by molar-refractivity contribution is -0.136. The van der Waals surface area contributed by atoms with E-state index in [0.29, 0.717) is 12.1 Å². The Hall–Kier alpha value is -1.29. The van der Waals surface area contributed by atoms with Crippen molar-refractivity contribution in [1.82, 2.24) is 0 Å². The molecule has 1 rings (SSSR count). The zero-order valence-corrected chi connectivity index (χ0v) is 12.7. The number of ether oxygens (including phenoxy) is 1. The van der Waals surface area contributed by atoms with Crippen LogP contribution in [0.4, 0.5) is 5.69 Å². The second-order valence-electron chi connectivity index (χ2n) is 4.17. The van der Waals surface area contributed by atoms with E-state index < -0.39 is 0 Å². The number of aryl methyl sites for hydroxylation is 2. The van der Waals surface area contributed by atoms with E-state index >= 15 is 0 Å². The van der Waals surface area contributed by atoms with Crippen molar-refractivity contribution in [1.29, 1.82) is 0 Å². The molecule has 0 aliphatic carbocycles. The zero-order chi connectivity index (χ0) is 13.7. The molecule has 0 heterocycles. The number of halogens is 1. The van der Waals surface area contributed by atoms with Crippen LogP contribution >= 0.6 is 15.9 Å². The molecule has 18 heavy (non-hydrogen) atoms. The van der Waals surface area contributed by atoms with Gasteiger partial charge in [-0.2, -0.15) is 0 Å². The number of hydrogen-bond donors (Lipinski definition) is 1. The zero-order valence-electron chi connectivity index (χ0n) is 11.1. The van der Waals surface area contributed by atoms with Crippen LogP contribution in [0.2, 0.25) is 0 Å². The molecular formula is C14H18BrNO2. The number of anilines is 1. The Morgan fingerprint density at radius 1 is 1.39 bits per heavy atom. The van der Waals surface area contributed by atoms with Crippen molar-refractivity contribution in [3.05, 3.63) is 39.4 Å². The van der Waals surface area contributed by atoms with E-state index in [1.54, 1.807) is 6.92 Å². The summed E-state index contributed by atoms with van der Waals surface area (Å²) in [5.41, 5.74) is 4.06. The van der Waals surface area contributed by atoms with Gasteiger partial charge in [0.2, 0.25) is 0 Å². The van der Waals surface area contributed by atoms with E-state index in [1.165, 1.54) is 18.2 Å². The van der Waals surface area contributed by atoms with Crippen LogP contribution in [-0.4, -0.2) is 19.6 Å². The molecule has 1 N–H and O–H groups in total. The molecule has 0 aromatic heterocycles. The van der Waals surface area contributed by atoms with E-state index in [9.17, 15) is 4.79 Å². The highest BCUT2D eigenvalue weighted by molar-refractivity contribution is 9.10. The Labute approximate surface area is 116 Å². The van der Waals surface area contributed by atoms with Crippen molar-refractivity contribution >= 4 is 27.6 Å². The fourth-order valence-electron chi connectivity index (χ4n) is 1.74. The molecule has 0 spiro atoms. The van der Waals surface area contributed by atoms with Crippen LogP contribution in [-0.2, 0) is 9.53 Å². The van der Waals surface area contributed by atoms with Gasteiger partial charge in [0.05, 0.1) is 7.11 Å². The van der Waals surface area contributed by atoms with E-state index in [4.69, 9.17) is 0 Å². The molecule has 0 aliphatic rings. The van der Waals surface area contributed by atoms with E-state index in [-0.39, 0.29) is 5.97 Å². The summed E-state index contributed by atoms with van der Waals surface area (Å²) in [6, 6.07) is 4.12. The Bertz CT molecular complexity index is 458. The van der Waals surface area contributed by atoms with Crippen molar-refractivity contribution in [3.8, 4) is 0 Å². The standard InChI is InChI=1S/C14H18BrNO2/c1-9(14(17)18-4)5-6-16-13-10(2)7-12(15)8-11(13)3/h5,7-8,16H,6H2,1-4H3. The first-order chi connectivity index (χ1) is 8.45. The number of hydrogen-bond acceptors (Lipinski definition) is 3. The SMILES string of the molecule is COC(=O)C(C)=CCNc1c(C)cc(Br)cc1C. The minimum atomic E-state index is -0.291. The average Bonchev–Trinajstić information content (AvgIpc) is 2.31. The molecule has 98 valence electrons. The second kappa shape index (κ2) is 6.59. The van der Waals surface area contributed by atoms with Crippen LogP contribution < -0.4 is 5.32 Å². The Morgan fingerprint density at radius 3 is 2.44 bits per heavy atom. The van der Waals surface area contributed by atoms with Crippen molar-refractivity contribution in [3.63, 3.8) is 0 Å². The van der Waals surface area contributed by atoms with Gasteiger partial charge in [-0.05, 0) is 44.0 Å². The predicted molar refractivity (Wildman–Crippen MR) is 77.9 cm³/mol. The molecule has 1 aromatic carbocycles.